The summed E-state index contributed by atoms with van der Waals surface area (Å²) in [6.45, 7) is 0. The maximum atomic E-state index is 4.10. The first-order valence-electron chi connectivity index (χ1n) is 12.8. The molecule has 0 saturated heterocycles. The zero-order chi connectivity index (χ0) is 22.7. The molecule has 2 heteroatoms. The number of hydrogen-bond acceptors (Lipinski definition) is 1. The van der Waals surface area contributed by atoms with E-state index in [2.05, 4.69) is 96.1 Å². The fourth-order valence-electron chi connectivity index (χ4n) is 5.80. The van der Waals surface area contributed by atoms with Crippen molar-refractivity contribution in [2.75, 3.05) is 5.09 Å². The van der Waals surface area contributed by atoms with E-state index in [1.165, 1.54) is 78.8 Å². The van der Waals surface area contributed by atoms with E-state index >= 15 is 0 Å². The van der Waals surface area contributed by atoms with Crippen LogP contribution in [-0.2, 0) is 25.7 Å². The molecule has 0 aromatic heterocycles. The molecule has 2 aliphatic rings. The molecule has 0 saturated carbocycles. The molecule has 1 N–H and O–H groups in total. The van der Waals surface area contributed by atoms with Gasteiger partial charge in [-0.3, -0.25) is 0 Å². The molecule has 4 aromatic rings. The smallest absolute Gasteiger partial charge is 0.0522 e. The van der Waals surface area contributed by atoms with E-state index in [-0.39, 0.29) is 0 Å². The fraction of sp³-hybridized carbons (Fsp3) is 0.250. The first-order valence-corrected chi connectivity index (χ1v) is 14.2. The summed E-state index contributed by atoms with van der Waals surface area (Å²) in [6.07, 6.45) is 10.1. The van der Waals surface area contributed by atoms with Crippen molar-refractivity contribution in [3.8, 4) is 11.1 Å². The largest absolute Gasteiger partial charge is 0.356 e. The van der Waals surface area contributed by atoms with E-state index in [0.717, 1.165) is 0 Å². The summed E-state index contributed by atoms with van der Waals surface area (Å²) >= 11 is 0. The summed E-state index contributed by atoms with van der Waals surface area (Å²) in [4.78, 5) is 0. The minimum absolute atomic E-state index is 0.708. The lowest BCUT2D eigenvalue weighted by Gasteiger charge is -2.29. The lowest BCUT2D eigenvalue weighted by Crippen LogP contribution is -2.18. The summed E-state index contributed by atoms with van der Waals surface area (Å²) in [7, 11) is -0.708. The van der Waals surface area contributed by atoms with Crippen LogP contribution < -0.4 is 15.7 Å². The van der Waals surface area contributed by atoms with Crippen LogP contribution >= 0.6 is 8.07 Å². The second-order valence-electron chi connectivity index (χ2n) is 9.60. The number of aryl methyl sites for hydroxylation is 2. The molecule has 4 aromatic carbocycles. The normalized spacial score (nSPS) is 15.0. The summed E-state index contributed by atoms with van der Waals surface area (Å²) in [5.74, 6) is 0. The third-order valence-electron chi connectivity index (χ3n) is 7.46. The third kappa shape index (κ3) is 4.19. The average Bonchev–Trinajstić information content (AvgIpc) is 2.92. The second-order valence-corrected chi connectivity index (χ2v) is 11.5. The molecule has 1 nitrogen and oxygen atoms in total. The SMILES string of the molecule is c1ccc(P(Nc2ccc3c(c2-c2cccc4c2CCCC4)CCCC3)c2ccccc2)cc1. The molecule has 2 aliphatic carbocycles. The number of rotatable bonds is 5. The van der Waals surface area contributed by atoms with Crippen LogP contribution in [-0.4, -0.2) is 0 Å². The van der Waals surface area contributed by atoms with E-state index in [1.807, 2.05) is 0 Å². The van der Waals surface area contributed by atoms with Gasteiger partial charge in [0.25, 0.3) is 0 Å². The van der Waals surface area contributed by atoms with E-state index < -0.39 is 8.07 Å². The standard InChI is InChI=1S/C32H32NP/c1-3-15-26(16-4-1)34(27-17-5-2-6-18-27)33-31-23-22-25-13-8-10-20-29(25)32(31)30-21-11-14-24-12-7-9-19-28(24)30/h1-6,11,14-18,21-23,33H,7-10,12-13,19-20H2. The fourth-order valence-corrected chi connectivity index (χ4v) is 7.72. The van der Waals surface area contributed by atoms with Gasteiger partial charge in [0.2, 0.25) is 0 Å². The Morgan fingerprint density at radius 2 is 1.09 bits per heavy atom. The molecule has 0 amide bonds. The zero-order valence-electron chi connectivity index (χ0n) is 19.8. The van der Waals surface area contributed by atoms with Crippen LogP contribution in [0.2, 0.25) is 0 Å². The van der Waals surface area contributed by atoms with Gasteiger partial charge in [0.05, 0.1) is 8.07 Å². The molecule has 6 rings (SSSR count). The van der Waals surface area contributed by atoms with E-state index in [4.69, 9.17) is 0 Å². The molecule has 0 bridgehead atoms. The molecule has 0 spiro atoms. The highest BCUT2D eigenvalue weighted by molar-refractivity contribution is 7.74. The van der Waals surface area contributed by atoms with Crippen LogP contribution in [0.5, 0.6) is 0 Å². The van der Waals surface area contributed by atoms with Crippen molar-refractivity contribution in [3.63, 3.8) is 0 Å². The van der Waals surface area contributed by atoms with Crippen molar-refractivity contribution in [1.82, 2.24) is 0 Å². The Kier molecular flexibility index (Phi) is 6.21. The maximum Gasteiger partial charge on any atom is 0.0522 e. The summed E-state index contributed by atoms with van der Waals surface area (Å²) in [5, 5.41) is 6.83. The third-order valence-corrected chi connectivity index (χ3v) is 9.55. The molecule has 0 unspecified atom stereocenters. The Balaban J connectivity index is 1.52. The summed E-state index contributed by atoms with van der Waals surface area (Å²) < 4.78 is 0. The molecule has 170 valence electrons. The van der Waals surface area contributed by atoms with Crippen molar-refractivity contribution in [1.29, 1.82) is 0 Å². The first kappa shape index (κ1) is 21.6. The number of fused-ring (bicyclic) bond motifs is 2. The van der Waals surface area contributed by atoms with Crippen LogP contribution in [0.3, 0.4) is 0 Å². The van der Waals surface area contributed by atoms with E-state index in [1.54, 1.807) is 22.3 Å². The van der Waals surface area contributed by atoms with E-state index in [0.29, 0.717) is 0 Å². The average molecular weight is 462 g/mol. The van der Waals surface area contributed by atoms with Gasteiger partial charge in [-0.15, -0.1) is 0 Å². The highest BCUT2D eigenvalue weighted by Gasteiger charge is 2.24. The van der Waals surface area contributed by atoms with Crippen LogP contribution in [0.1, 0.15) is 47.9 Å². The van der Waals surface area contributed by atoms with Gasteiger partial charge >= 0.3 is 0 Å². The van der Waals surface area contributed by atoms with Gasteiger partial charge in [0.1, 0.15) is 0 Å². The van der Waals surface area contributed by atoms with Crippen LogP contribution in [0, 0.1) is 0 Å². The van der Waals surface area contributed by atoms with Crippen molar-refractivity contribution < 1.29 is 0 Å². The Morgan fingerprint density at radius 3 is 1.76 bits per heavy atom. The van der Waals surface area contributed by atoms with Crippen LogP contribution in [0.4, 0.5) is 5.69 Å². The Bertz CT molecular complexity index is 1240. The molecule has 0 heterocycles. The molecule has 0 radical (unpaired) electrons. The number of hydrogen-bond donors (Lipinski definition) is 1. The maximum absolute atomic E-state index is 4.10. The van der Waals surface area contributed by atoms with Crippen molar-refractivity contribution in [2.24, 2.45) is 0 Å². The second kappa shape index (κ2) is 9.77. The lowest BCUT2D eigenvalue weighted by molar-refractivity contribution is 0.682. The Morgan fingerprint density at radius 1 is 0.500 bits per heavy atom. The summed E-state index contributed by atoms with van der Waals surface area (Å²) in [5.41, 5.74) is 10.6. The number of benzene rings is 4. The first-order chi connectivity index (χ1) is 16.9. The Hall–Kier alpha value is -2.89. The lowest BCUT2D eigenvalue weighted by atomic mass is 9.80. The molecular weight excluding hydrogens is 429 g/mol. The predicted molar refractivity (Wildman–Crippen MR) is 148 cm³/mol. The molecule has 34 heavy (non-hydrogen) atoms. The quantitative estimate of drug-likeness (QED) is 0.302. The van der Waals surface area contributed by atoms with Gasteiger partial charge in [-0.1, -0.05) is 84.9 Å². The van der Waals surface area contributed by atoms with Gasteiger partial charge < -0.3 is 5.09 Å². The van der Waals surface area contributed by atoms with E-state index in [9.17, 15) is 0 Å². The van der Waals surface area contributed by atoms with Crippen molar-refractivity contribution in [2.45, 2.75) is 51.4 Å². The minimum atomic E-state index is -0.708. The van der Waals surface area contributed by atoms with Crippen LogP contribution in [0.15, 0.2) is 91.0 Å². The number of nitrogens with one attached hydrogen (secondary N) is 1. The van der Waals surface area contributed by atoms with Crippen LogP contribution in [0.25, 0.3) is 11.1 Å². The molecule has 0 fully saturated rings. The van der Waals surface area contributed by atoms with Gasteiger partial charge in [-0.05, 0) is 85.3 Å². The number of anilines is 1. The Labute approximate surface area is 205 Å². The highest BCUT2D eigenvalue weighted by Crippen LogP contribution is 2.45. The topological polar surface area (TPSA) is 12.0 Å². The van der Waals surface area contributed by atoms with Gasteiger partial charge in [0, 0.05) is 21.9 Å². The van der Waals surface area contributed by atoms with Crippen molar-refractivity contribution >= 4 is 24.4 Å². The monoisotopic (exact) mass is 461 g/mol. The van der Waals surface area contributed by atoms with Gasteiger partial charge in [0.15, 0.2) is 0 Å². The molecule has 0 aliphatic heterocycles. The minimum Gasteiger partial charge on any atom is -0.356 e. The predicted octanol–water partition coefficient (Wildman–Crippen LogP) is 7.57. The van der Waals surface area contributed by atoms with Gasteiger partial charge in [-0.25, -0.2) is 0 Å². The van der Waals surface area contributed by atoms with Gasteiger partial charge in [-0.2, -0.15) is 0 Å². The zero-order valence-corrected chi connectivity index (χ0v) is 20.7. The van der Waals surface area contributed by atoms with Crippen molar-refractivity contribution in [3.05, 3.63) is 113 Å². The summed E-state index contributed by atoms with van der Waals surface area (Å²) in [6, 6.07) is 33.8. The molecular formula is C32H32NP. The molecule has 0 atom stereocenters. The highest BCUT2D eigenvalue weighted by atomic mass is 31.1.